The van der Waals surface area contributed by atoms with Crippen LogP contribution < -0.4 is 0 Å². The normalized spacial score (nSPS) is 20.4. The van der Waals surface area contributed by atoms with Crippen LogP contribution in [0.5, 0.6) is 0 Å². The van der Waals surface area contributed by atoms with E-state index in [0.29, 0.717) is 24.7 Å². The number of hydrogen-bond acceptors (Lipinski definition) is 2. The van der Waals surface area contributed by atoms with E-state index in [-0.39, 0.29) is 5.56 Å². The Balaban J connectivity index is 1.78. The van der Waals surface area contributed by atoms with Crippen LogP contribution in [0.3, 0.4) is 0 Å². The van der Waals surface area contributed by atoms with Crippen LogP contribution in [0.25, 0.3) is 17.0 Å². The summed E-state index contributed by atoms with van der Waals surface area (Å²) in [6.07, 6.45) is -4.30. The largest absolute Gasteiger partial charge is 0.412 e. The van der Waals surface area contributed by atoms with Crippen LogP contribution in [0.15, 0.2) is 42.5 Å². The van der Waals surface area contributed by atoms with E-state index in [1.165, 1.54) is 0 Å². The molecule has 0 radical (unpaired) electrons. The Bertz CT molecular complexity index is 874. The average Bonchev–Trinajstić information content (AvgIpc) is 2.67. The Morgan fingerprint density at radius 1 is 1.00 bits per heavy atom. The van der Waals surface area contributed by atoms with Gasteiger partial charge in [0.25, 0.3) is 0 Å². The molecule has 1 saturated heterocycles. The van der Waals surface area contributed by atoms with Gasteiger partial charge in [-0.1, -0.05) is 37.6 Å². The summed E-state index contributed by atoms with van der Waals surface area (Å²) in [7, 11) is 0. The smallest absolute Gasteiger partial charge is 0.348 e. The minimum absolute atomic E-state index is 0.0635. The van der Waals surface area contributed by atoms with Crippen molar-refractivity contribution in [3.05, 3.63) is 65.2 Å². The van der Waals surface area contributed by atoms with Crippen LogP contribution in [-0.2, 0) is 9.47 Å². The summed E-state index contributed by atoms with van der Waals surface area (Å²) in [5, 5.41) is 0. The van der Waals surface area contributed by atoms with Gasteiger partial charge < -0.3 is 9.47 Å². The molecule has 8 heteroatoms. The number of hydrogen-bond donors (Lipinski definition) is 0. The lowest BCUT2D eigenvalue weighted by Crippen LogP contribution is -2.26. The van der Waals surface area contributed by atoms with E-state index < -0.39 is 41.6 Å². The van der Waals surface area contributed by atoms with Crippen LogP contribution in [0.1, 0.15) is 37.2 Å². The number of benzene rings is 2. The third-order valence-electron chi connectivity index (χ3n) is 4.75. The lowest BCUT2D eigenvalue weighted by molar-refractivity contribution is -0.206. The summed E-state index contributed by atoms with van der Waals surface area (Å²) >= 11 is 0. The molecule has 1 fully saturated rings. The molecule has 162 valence electrons. The van der Waals surface area contributed by atoms with Crippen molar-refractivity contribution >= 4 is 5.83 Å². The van der Waals surface area contributed by atoms with Gasteiger partial charge in [-0.2, -0.15) is 13.2 Å². The summed E-state index contributed by atoms with van der Waals surface area (Å²) in [5.74, 6) is -4.52. The van der Waals surface area contributed by atoms with E-state index in [9.17, 15) is 26.3 Å². The molecule has 2 nitrogen and oxygen atoms in total. The zero-order valence-corrected chi connectivity index (χ0v) is 16.1. The molecule has 0 amide bonds. The van der Waals surface area contributed by atoms with Gasteiger partial charge in [0, 0.05) is 11.5 Å². The van der Waals surface area contributed by atoms with Crippen molar-refractivity contribution in [2.75, 3.05) is 13.2 Å². The van der Waals surface area contributed by atoms with Gasteiger partial charge in [0.05, 0.1) is 24.9 Å². The number of ether oxygens (including phenoxy) is 2. The van der Waals surface area contributed by atoms with Crippen molar-refractivity contribution in [2.45, 2.75) is 32.2 Å². The molecule has 0 spiro atoms. The van der Waals surface area contributed by atoms with Crippen molar-refractivity contribution in [1.29, 1.82) is 0 Å². The first-order valence-corrected chi connectivity index (χ1v) is 9.46. The second-order valence-corrected chi connectivity index (χ2v) is 7.12. The molecule has 0 N–H and O–H groups in total. The van der Waals surface area contributed by atoms with E-state index in [4.69, 9.17) is 9.47 Å². The summed E-state index contributed by atoms with van der Waals surface area (Å²) in [6.45, 7) is 3.24. The first kappa shape index (κ1) is 22.4. The number of alkyl halides is 3. The summed E-state index contributed by atoms with van der Waals surface area (Å²) < 4.78 is 90.2. The van der Waals surface area contributed by atoms with Crippen LogP contribution in [0.2, 0.25) is 0 Å². The highest BCUT2D eigenvalue weighted by Crippen LogP contribution is 2.33. The van der Waals surface area contributed by atoms with Gasteiger partial charge in [0.15, 0.2) is 6.29 Å². The molecule has 1 heterocycles. The molecule has 2 aromatic carbocycles. The third kappa shape index (κ3) is 5.43. The maximum Gasteiger partial charge on any atom is 0.412 e. The fraction of sp³-hybridized carbons (Fsp3) is 0.364. The molecule has 3 rings (SSSR count). The van der Waals surface area contributed by atoms with Crippen molar-refractivity contribution in [3.63, 3.8) is 0 Å². The molecule has 0 unspecified atom stereocenters. The first-order chi connectivity index (χ1) is 14.2. The average molecular weight is 430 g/mol. The van der Waals surface area contributed by atoms with E-state index in [1.54, 1.807) is 24.3 Å². The number of allylic oxidation sites excluding steroid dienone is 1. The summed E-state index contributed by atoms with van der Waals surface area (Å²) in [4.78, 5) is 0. The van der Waals surface area contributed by atoms with Crippen molar-refractivity contribution in [1.82, 2.24) is 0 Å². The third-order valence-corrected chi connectivity index (χ3v) is 4.75. The zero-order valence-electron chi connectivity index (χ0n) is 16.1. The second kappa shape index (κ2) is 9.22. The van der Waals surface area contributed by atoms with Gasteiger partial charge >= 0.3 is 6.18 Å². The minimum atomic E-state index is -5.03. The van der Waals surface area contributed by atoms with Crippen LogP contribution in [0, 0.1) is 17.6 Å². The van der Waals surface area contributed by atoms with Gasteiger partial charge in [-0.3, -0.25) is 0 Å². The van der Waals surface area contributed by atoms with Crippen molar-refractivity contribution < 1.29 is 35.8 Å². The maximum absolute atomic E-state index is 14.2. The van der Waals surface area contributed by atoms with Crippen molar-refractivity contribution in [2.24, 2.45) is 5.92 Å². The molecular formula is C22H20F6O2. The van der Waals surface area contributed by atoms with Gasteiger partial charge in [0.1, 0.15) is 17.5 Å². The Labute approximate surface area is 170 Å². The Hall–Kier alpha value is -2.32. The predicted octanol–water partition coefficient (Wildman–Crippen LogP) is 6.97. The molecular weight excluding hydrogens is 410 g/mol. The fourth-order valence-electron chi connectivity index (χ4n) is 3.33. The zero-order chi connectivity index (χ0) is 21.9. The van der Waals surface area contributed by atoms with Crippen LogP contribution >= 0.6 is 0 Å². The lowest BCUT2D eigenvalue weighted by Gasteiger charge is -2.29. The van der Waals surface area contributed by atoms with E-state index in [1.807, 2.05) is 0 Å². The summed E-state index contributed by atoms with van der Waals surface area (Å²) in [6, 6.07) is 8.09. The van der Waals surface area contributed by atoms with Gasteiger partial charge in [-0.05, 0) is 29.7 Å². The first-order valence-electron chi connectivity index (χ1n) is 9.46. The molecule has 30 heavy (non-hydrogen) atoms. The number of halogens is 6. The van der Waals surface area contributed by atoms with E-state index >= 15 is 0 Å². The standard InChI is InChI=1S/C22H20F6O2/c1-2-3-13-11-29-21(30-12-13)15-6-4-14(5-7-15)16-8-17(23)20(18(24)9-16)19(25)10-22(26,27)28/h4-10,13,21H,2-3,11-12H2,1H3/b19-10-. The quantitative estimate of drug-likeness (QED) is 0.477. The van der Waals surface area contributed by atoms with E-state index in [0.717, 1.165) is 30.5 Å². The molecule has 0 atom stereocenters. The Morgan fingerprint density at radius 2 is 1.57 bits per heavy atom. The summed E-state index contributed by atoms with van der Waals surface area (Å²) in [5.41, 5.74) is -0.152. The topological polar surface area (TPSA) is 18.5 Å². The maximum atomic E-state index is 14.2. The van der Waals surface area contributed by atoms with E-state index in [2.05, 4.69) is 6.92 Å². The lowest BCUT2D eigenvalue weighted by atomic mass is 10.0. The SMILES string of the molecule is CCCC1COC(c2ccc(-c3cc(F)c(/C(F)=C/C(F)(F)F)c(F)c3)cc2)OC1. The van der Waals surface area contributed by atoms with Crippen LogP contribution in [0.4, 0.5) is 26.3 Å². The predicted molar refractivity (Wildman–Crippen MR) is 100.0 cm³/mol. The molecule has 0 bridgehead atoms. The highest BCUT2D eigenvalue weighted by molar-refractivity contribution is 5.69. The Morgan fingerprint density at radius 3 is 2.07 bits per heavy atom. The molecule has 0 aromatic heterocycles. The molecule has 0 aliphatic carbocycles. The van der Waals surface area contributed by atoms with Crippen molar-refractivity contribution in [3.8, 4) is 11.1 Å². The van der Waals surface area contributed by atoms with Gasteiger partial charge in [-0.15, -0.1) is 0 Å². The molecule has 1 aliphatic rings. The second-order valence-electron chi connectivity index (χ2n) is 7.12. The molecule has 0 saturated carbocycles. The van der Waals surface area contributed by atoms with Gasteiger partial charge in [-0.25, -0.2) is 13.2 Å². The molecule has 1 aliphatic heterocycles. The Kier molecular flexibility index (Phi) is 6.88. The van der Waals surface area contributed by atoms with Gasteiger partial charge in [0.2, 0.25) is 0 Å². The fourth-order valence-corrected chi connectivity index (χ4v) is 3.33. The van der Waals surface area contributed by atoms with Crippen LogP contribution in [-0.4, -0.2) is 19.4 Å². The minimum Gasteiger partial charge on any atom is -0.348 e. The molecule has 2 aromatic rings. The monoisotopic (exact) mass is 430 g/mol. The highest BCUT2D eigenvalue weighted by Gasteiger charge is 2.28. The highest BCUT2D eigenvalue weighted by atomic mass is 19.4. The number of rotatable bonds is 5.